The Morgan fingerprint density at radius 2 is 1.35 bits per heavy atom. The van der Waals surface area contributed by atoms with Gasteiger partial charge in [-0.25, -0.2) is 4.79 Å². The minimum absolute atomic E-state index is 0.275. The summed E-state index contributed by atoms with van der Waals surface area (Å²) in [7, 11) is 0. The first-order valence-corrected chi connectivity index (χ1v) is 16.7. The quantitative estimate of drug-likeness (QED) is 0.156. The average molecular weight is 629 g/mol. The van der Waals surface area contributed by atoms with Crippen LogP contribution in [0.2, 0.25) is 0 Å². The van der Waals surface area contributed by atoms with Gasteiger partial charge in [0.05, 0.1) is 9.40 Å². The van der Waals surface area contributed by atoms with E-state index in [-0.39, 0.29) is 5.57 Å². The third-order valence-electron chi connectivity index (χ3n) is 9.10. The van der Waals surface area contributed by atoms with Crippen molar-refractivity contribution in [3.05, 3.63) is 114 Å². The normalized spacial score (nSPS) is 12.4. The summed E-state index contributed by atoms with van der Waals surface area (Å²) in [6, 6.07) is 39.0. The van der Waals surface area contributed by atoms with Gasteiger partial charge in [-0.15, -0.1) is 22.7 Å². The van der Waals surface area contributed by atoms with Crippen molar-refractivity contribution in [3.63, 3.8) is 0 Å². The summed E-state index contributed by atoms with van der Waals surface area (Å²) in [6.07, 6.45) is 1.43. The summed E-state index contributed by atoms with van der Waals surface area (Å²) < 4.78 is 7.46. The molecule has 6 heteroatoms. The predicted octanol–water partition coefficient (Wildman–Crippen LogP) is 11.4. The van der Waals surface area contributed by atoms with Gasteiger partial charge in [0, 0.05) is 48.5 Å². The summed E-state index contributed by atoms with van der Waals surface area (Å²) in [6.45, 7) is 3.14. The van der Waals surface area contributed by atoms with Crippen LogP contribution in [0.1, 0.15) is 12.5 Å². The number of thiophene rings is 2. The van der Waals surface area contributed by atoms with Gasteiger partial charge in [-0.05, 0) is 106 Å². The van der Waals surface area contributed by atoms with E-state index in [0.29, 0.717) is 5.56 Å². The van der Waals surface area contributed by atoms with Crippen molar-refractivity contribution >= 4 is 108 Å². The molecule has 0 atom stereocenters. The Morgan fingerprint density at radius 3 is 2.04 bits per heavy atom. The van der Waals surface area contributed by atoms with Crippen LogP contribution in [0.3, 0.4) is 0 Å². The number of benzene rings is 6. The van der Waals surface area contributed by atoms with Crippen molar-refractivity contribution in [3.8, 4) is 17.2 Å². The Morgan fingerprint density at radius 1 is 0.717 bits per heavy atom. The summed E-state index contributed by atoms with van der Waals surface area (Å²) in [5, 5.41) is 28.1. The number of carbonyl (C=O) groups is 1. The molecule has 0 saturated heterocycles. The van der Waals surface area contributed by atoms with Crippen molar-refractivity contribution in [2.45, 2.75) is 13.5 Å². The zero-order valence-electron chi connectivity index (χ0n) is 24.7. The molecule has 1 N–H and O–H groups in total. The van der Waals surface area contributed by atoms with Crippen LogP contribution >= 0.6 is 22.7 Å². The number of aliphatic carboxylic acids is 1. The third-order valence-corrected chi connectivity index (χ3v) is 11.6. The number of carboxylic acids is 1. The molecule has 0 saturated carbocycles. The smallest absolute Gasteiger partial charge is 0.346 e. The zero-order valence-corrected chi connectivity index (χ0v) is 26.3. The Bertz CT molecular complexity index is 2840. The van der Waals surface area contributed by atoms with E-state index in [1.165, 1.54) is 79.4 Å². The van der Waals surface area contributed by atoms with E-state index in [4.69, 9.17) is 0 Å². The molecule has 0 aliphatic rings. The fourth-order valence-electron chi connectivity index (χ4n) is 6.91. The maximum Gasteiger partial charge on any atom is 0.346 e. The third kappa shape index (κ3) is 3.99. The number of nitriles is 1. The average Bonchev–Trinajstić information content (AvgIpc) is 3.71. The maximum absolute atomic E-state index is 11.4. The molecule has 0 radical (unpaired) electrons. The van der Waals surface area contributed by atoms with Crippen LogP contribution in [0.5, 0.6) is 0 Å². The Kier molecular flexibility index (Phi) is 5.85. The molecule has 0 amide bonds. The summed E-state index contributed by atoms with van der Waals surface area (Å²) >= 11 is 3.65. The molecular formula is C40H24N2O2S2. The number of aromatic nitrogens is 1. The number of nitrogens with zero attached hydrogens (tertiary/aromatic N) is 2. The minimum Gasteiger partial charge on any atom is -0.477 e. The number of aryl methyl sites for hydroxylation is 1. The van der Waals surface area contributed by atoms with Crippen LogP contribution in [0.4, 0.5) is 0 Å². The van der Waals surface area contributed by atoms with E-state index in [1.54, 1.807) is 6.07 Å². The lowest BCUT2D eigenvalue weighted by Gasteiger charge is -2.07. The van der Waals surface area contributed by atoms with Gasteiger partial charge in [0.25, 0.3) is 0 Å². The lowest BCUT2D eigenvalue weighted by molar-refractivity contribution is -0.132. The van der Waals surface area contributed by atoms with Gasteiger partial charge in [-0.3, -0.25) is 0 Å². The van der Waals surface area contributed by atoms with Crippen LogP contribution in [0, 0.1) is 11.3 Å². The largest absolute Gasteiger partial charge is 0.477 e. The molecule has 218 valence electrons. The maximum atomic E-state index is 11.4. The molecule has 3 heterocycles. The van der Waals surface area contributed by atoms with Crippen LogP contribution in [-0.4, -0.2) is 15.6 Å². The van der Waals surface area contributed by atoms with E-state index in [9.17, 15) is 15.2 Å². The molecule has 0 aliphatic heterocycles. The Hall–Kier alpha value is -5.48. The second-order valence-electron chi connectivity index (χ2n) is 11.7. The number of hydrogen-bond acceptors (Lipinski definition) is 4. The predicted molar refractivity (Wildman–Crippen MR) is 195 cm³/mol. The van der Waals surface area contributed by atoms with E-state index >= 15 is 0 Å². The highest BCUT2D eigenvalue weighted by Crippen LogP contribution is 2.46. The van der Waals surface area contributed by atoms with Crippen molar-refractivity contribution in [1.29, 1.82) is 5.26 Å². The minimum atomic E-state index is -1.22. The number of para-hydroxylation sites is 1. The van der Waals surface area contributed by atoms with E-state index in [2.05, 4.69) is 96.4 Å². The zero-order chi connectivity index (χ0) is 31.1. The molecule has 46 heavy (non-hydrogen) atoms. The molecule has 9 rings (SSSR count). The summed E-state index contributed by atoms with van der Waals surface area (Å²) in [5.74, 6) is -1.22. The van der Waals surface area contributed by atoms with Crippen molar-refractivity contribution in [2.24, 2.45) is 0 Å². The highest BCUT2D eigenvalue weighted by atomic mass is 32.1. The Balaban J connectivity index is 1.18. The topological polar surface area (TPSA) is 66.0 Å². The van der Waals surface area contributed by atoms with Gasteiger partial charge in [-0.1, -0.05) is 48.5 Å². The SMILES string of the molecule is CCn1c2ccccc2c2cc(-c3ccc4cc5sc6c7cc8cc(/C=C(\C#N)C(=O)O)ccc8cc7sc6c5cc4c3)ccc21. The van der Waals surface area contributed by atoms with Crippen molar-refractivity contribution < 1.29 is 9.90 Å². The highest BCUT2D eigenvalue weighted by molar-refractivity contribution is 7.36. The van der Waals surface area contributed by atoms with Crippen molar-refractivity contribution in [2.75, 3.05) is 0 Å². The molecule has 0 bridgehead atoms. The van der Waals surface area contributed by atoms with Crippen LogP contribution < -0.4 is 0 Å². The van der Waals surface area contributed by atoms with Gasteiger partial charge in [0.15, 0.2) is 0 Å². The van der Waals surface area contributed by atoms with E-state index in [0.717, 1.165) is 17.3 Å². The summed E-state index contributed by atoms with van der Waals surface area (Å²) in [5.41, 5.74) is 5.40. The lowest BCUT2D eigenvalue weighted by atomic mass is 9.99. The number of hydrogen-bond donors (Lipinski definition) is 1. The van der Waals surface area contributed by atoms with Gasteiger partial charge < -0.3 is 9.67 Å². The monoisotopic (exact) mass is 628 g/mol. The Labute approximate surface area is 271 Å². The fourth-order valence-corrected chi connectivity index (χ4v) is 9.61. The molecule has 0 aliphatic carbocycles. The lowest BCUT2D eigenvalue weighted by Crippen LogP contribution is -1.97. The molecule has 6 aromatic carbocycles. The first-order chi connectivity index (χ1) is 22.5. The molecular weight excluding hydrogens is 605 g/mol. The van der Waals surface area contributed by atoms with Crippen LogP contribution in [0.25, 0.3) is 90.1 Å². The standard InChI is InChI=1S/C40H24N2O2S2/c1-2-42-34-6-4-3-5-30(34)31-16-24(11-12-35(31)42)23-9-10-26-20-37-33(18-28(26)15-23)39-38(46-37)32-17-27-13-22(14-29(21-41)40(43)44)7-8-25(27)19-36(32)45-39/h3-20H,2H2,1H3,(H,43,44)/b29-14+. The van der Waals surface area contributed by atoms with Crippen LogP contribution in [0.15, 0.2) is 109 Å². The molecule has 4 nitrogen and oxygen atoms in total. The first-order valence-electron chi connectivity index (χ1n) is 15.1. The molecule has 3 aromatic heterocycles. The fraction of sp³-hybridized carbons (Fsp3) is 0.0500. The molecule has 0 spiro atoms. The first kappa shape index (κ1) is 26.9. The number of carboxylic acid groups (broad SMARTS) is 1. The second-order valence-corrected chi connectivity index (χ2v) is 13.8. The molecule has 0 fully saturated rings. The summed E-state index contributed by atoms with van der Waals surface area (Å²) in [4.78, 5) is 11.4. The van der Waals surface area contributed by atoms with Gasteiger partial charge in [0.2, 0.25) is 0 Å². The number of fused-ring (bicyclic) bond motifs is 10. The highest BCUT2D eigenvalue weighted by Gasteiger charge is 2.16. The van der Waals surface area contributed by atoms with Gasteiger partial charge in [0.1, 0.15) is 11.6 Å². The van der Waals surface area contributed by atoms with Crippen LogP contribution in [-0.2, 0) is 11.3 Å². The van der Waals surface area contributed by atoms with Gasteiger partial charge in [-0.2, -0.15) is 5.26 Å². The number of rotatable bonds is 4. The second kappa shape index (κ2) is 10.0. The molecule has 0 unspecified atom stereocenters. The molecule has 9 aromatic rings. The van der Waals surface area contributed by atoms with Crippen molar-refractivity contribution in [1.82, 2.24) is 4.57 Å². The van der Waals surface area contributed by atoms with E-state index < -0.39 is 5.97 Å². The van der Waals surface area contributed by atoms with E-state index in [1.807, 2.05) is 40.9 Å². The van der Waals surface area contributed by atoms with Gasteiger partial charge >= 0.3 is 5.97 Å².